The molecule has 0 fully saturated rings. The molecule has 5 nitrogen and oxygen atoms in total. The molecule has 0 aliphatic rings. The standard InChI is InChI=1S/C18H15F2NO4/c1-23-14-5-10(6-15(8-14)24-2)17-16(9-22)18(25-21-17)11-3-12(19)7-13(20)4-11/h3-8,22H,9H2,1-2H3. The smallest absolute Gasteiger partial charge is 0.173 e. The van der Waals surface area contributed by atoms with Gasteiger partial charge < -0.3 is 19.1 Å². The molecule has 1 aromatic heterocycles. The van der Waals surface area contributed by atoms with Crippen molar-refractivity contribution in [2.24, 2.45) is 0 Å². The van der Waals surface area contributed by atoms with Gasteiger partial charge in [0.05, 0.1) is 26.4 Å². The second kappa shape index (κ2) is 6.90. The van der Waals surface area contributed by atoms with Crippen LogP contribution in [0, 0.1) is 11.6 Å². The maximum Gasteiger partial charge on any atom is 0.173 e. The van der Waals surface area contributed by atoms with Crippen LogP contribution in [0.1, 0.15) is 5.56 Å². The average molecular weight is 347 g/mol. The van der Waals surface area contributed by atoms with E-state index < -0.39 is 18.2 Å². The first-order valence-electron chi connectivity index (χ1n) is 7.35. The minimum absolute atomic E-state index is 0.0951. The highest BCUT2D eigenvalue weighted by atomic mass is 19.1. The van der Waals surface area contributed by atoms with E-state index in [1.165, 1.54) is 14.2 Å². The number of methoxy groups -OCH3 is 2. The number of ether oxygens (including phenoxy) is 2. The molecule has 0 aliphatic heterocycles. The second-order valence-corrected chi connectivity index (χ2v) is 5.26. The van der Waals surface area contributed by atoms with Crippen molar-refractivity contribution >= 4 is 0 Å². The number of rotatable bonds is 5. The number of hydrogen-bond acceptors (Lipinski definition) is 5. The van der Waals surface area contributed by atoms with Crippen LogP contribution in [0.4, 0.5) is 8.78 Å². The first-order valence-corrected chi connectivity index (χ1v) is 7.35. The average Bonchev–Trinajstić information content (AvgIpc) is 3.04. The maximum absolute atomic E-state index is 13.5. The molecule has 0 saturated heterocycles. The molecule has 0 unspecified atom stereocenters. The van der Waals surface area contributed by atoms with Crippen molar-refractivity contribution in [3.05, 3.63) is 53.6 Å². The van der Waals surface area contributed by atoms with Gasteiger partial charge in [-0.15, -0.1) is 0 Å². The molecular formula is C18H15F2NO4. The van der Waals surface area contributed by atoms with Crippen LogP contribution in [0.3, 0.4) is 0 Å². The summed E-state index contributed by atoms with van der Waals surface area (Å²) in [5.74, 6) is -0.350. The molecule has 0 aliphatic carbocycles. The van der Waals surface area contributed by atoms with Gasteiger partial charge >= 0.3 is 0 Å². The molecule has 3 rings (SSSR count). The number of nitrogens with zero attached hydrogens (tertiary/aromatic N) is 1. The Morgan fingerprint density at radius 2 is 1.52 bits per heavy atom. The zero-order valence-electron chi connectivity index (χ0n) is 13.5. The molecule has 1 N–H and O–H groups in total. The van der Waals surface area contributed by atoms with Gasteiger partial charge in [0.15, 0.2) is 5.76 Å². The molecule has 0 atom stereocenters. The van der Waals surface area contributed by atoms with Crippen molar-refractivity contribution in [1.82, 2.24) is 5.16 Å². The van der Waals surface area contributed by atoms with E-state index >= 15 is 0 Å². The quantitative estimate of drug-likeness (QED) is 0.761. The molecule has 1 heterocycles. The summed E-state index contributed by atoms with van der Waals surface area (Å²) in [6.45, 7) is -0.425. The Hall–Kier alpha value is -2.93. The summed E-state index contributed by atoms with van der Waals surface area (Å²) in [5, 5.41) is 13.7. The van der Waals surface area contributed by atoms with Gasteiger partial charge in [-0.25, -0.2) is 8.78 Å². The highest BCUT2D eigenvalue weighted by Gasteiger charge is 2.20. The van der Waals surface area contributed by atoms with E-state index in [-0.39, 0.29) is 11.3 Å². The van der Waals surface area contributed by atoms with E-state index in [9.17, 15) is 13.9 Å². The van der Waals surface area contributed by atoms with Crippen molar-refractivity contribution in [2.45, 2.75) is 6.61 Å². The molecule has 7 heteroatoms. The van der Waals surface area contributed by atoms with Gasteiger partial charge in [-0.2, -0.15) is 0 Å². The Morgan fingerprint density at radius 3 is 2.04 bits per heavy atom. The van der Waals surface area contributed by atoms with E-state index in [1.807, 2.05) is 0 Å². The van der Waals surface area contributed by atoms with E-state index in [4.69, 9.17) is 14.0 Å². The fourth-order valence-corrected chi connectivity index (χ4v) is 2.54. The summed E-state index contributed by atoms with van der Waals surface area (Å²) in [6.07, 6.45) is 0. The van der Waals surface area contributed by atoms with Gasteiger partial charge in [-0.3, -0.25) is 0 Å². The lowest BCUT2D eigenvalue weighted by Crippen LogP contribution is -1.93. The molecule has 0 spiro atoms. The van der Waals surface area contributed by atoms with Crippen LogP contribution in [-0.2, 0) is 6.61 Å². The van der Waals surface area contributed by atoms with Crippen molar-refractivity contribution in [1.29, 1.82) is 0 Å². The molecule has 130 valence electrons. The van der Waals surface area contributed by atoms with Crippen molar-refractivity contribution in [3.63, 3.8) is 0 Å². The predicted molar refractivity (Wildman–Crippen MR) is 86.3 cm³/mol. The summed E-state index contributed by atoms with van der Waals surface area (Å²) in [6, 6.07) is 8.04. The lowest BCUT2D eigenvalue weighted by atomic mass is 10.0. The number of benzene rings is 2. The Balaban J connectivity index is 2.15. The minimum atomic E-state index is -0.750. The van der Waals surface area contributed by atoms with Crippen LogP contribution in [0.5, 0.6) is 11.5 Å². The van der Waals surface area contributed by atoms with E-state index in [2.05, 4.69) is 5.16 Å². The van der Waals surface area contributed by atoms with Gasteiger partial charge in [0.2, 0.25) is 0 Å². The third-order valence-electron chi connectivity index (χ3n) is 3.70. The third kappa shape index (κ3) is 3.32. The van der Waals surface area contributed by atoms with Crippen LogP contribution < -0.4 is 9.47 Å². The van der Waals surface area contributed by atoms with Crippen LogP contribution >= 0.6 is 0 Å². The maximum atomic E-state index is 13.5. The zero-order valence-corrected chi connectivity index (χ0v) is 13.5. The van der Waals surface area contributed by atoms with Gasteiger partial charge in [-0.05, 0) is 24.3 Å². The largest absolute Gasteiger partial charge is 0.497 e. The molecule has 3 aromatic rings. The van der Waals surface area contributed by atoms with Crippen LogP contribution in [0.2, 0.25) is 0 Å². The van der Waals surface area contributed by atoms with E-state index in [1.54, 1.807) is 18.2 Å². The van der Waals surface area contributed by atoms with Crippen LogP contribution in [0.25, 0.3) is 22.6 Å². The summed E-state index contributed by atoms with van der Waals surface area (Å²) in [7, 11) is 3.02. The minimum Gasteiger partial charge on any atom is -0.497 e. The highest BCUT2D eigenvalue weighted by Crippen LogP contribution is 2.36. The molecule has 0 bridgehead atoms. The Bertz CT molecular complexity index is 866. The molecule has 0 amide bonds. The number of halogens is 2. The van der Waals surface area contributed by atoms with Gasteiger partial charge in [-0.1, -0.05) is 5.16 Å². The van der Waals surface area contributed by atoms with Crippen LogP contribution in [0.15, 0.2) is 40.9 Å². The molecular weight excluding hydrogens is 332 g/mol. The number of hydrogen-bond donors (Lipinski definition) is 1. The van der Waals surface area contributed by atoms with Gasteiger partial charge in [0, 0.05) is 23.3 Å². The molecule has 2 aromatic carbocycles. The summed E-state index contributed by atoms with van der Waals surface area (Å²) in [4.78, 5) is 0. The lowest BCUT2D eigenvalue weighted by molar-refractivity contribution is 0.281. The van der Waals surface area contributed by atoms with Crippen molar-refractivity contribution in [2.75, 3.05) is 14.2 Å². The predicted octanol–water partition coefficient (Wildman–Crippen LogP) is 3.80. The fraction of sp³-hybridized carbons (Fsp3) is 0.167. The second-order valence-electron chi connectivity index (χ2n) is 5.26. The Morgan fingerprint density at radius 1 is 0.920 bits per heavy atom. The number of aliphatic hydroxyl groups is 1. The van der Waals surface area contributed by atoms with Crippen molar-refractivity contribution in [3.8, 4) is 34.1 Å². The topological polar surface area (TPSA) is 64.7 Å². The molecule has 0 saturated carbocycles. The summed E-state index contributed by atoms with van der Waals surface area (Å²) < 4.78 is 42.6. The van der Waals surface area contributed by atoms with E-state index in [0.29, 0.717) is 28.3 Å². The monoisotopic (exact) mass is 347 g/mol. The van der Waals surface area contributed by atoms with E-state index in [0.717, 1.165) is 18.2 Å². The zero-order chi connectivity index (χ0) is 18.0. The Kier molecular flexibility index (Phi) is 4.67. The van der Waals surface area contributed by atoms with Crippen molar-refractivity contribution < 1.29 is 27.9 Å². The fourth-order valence-electron chi connectivity index (χ4n) is 2.54. The first kappa shape index (κ1) is 16.9. The highest BCUT2D eigenvalue weighted by molar-refractivity contribution is 5.74. The number of aromatic nitrogens is 1. The molecule has 0 radical (unpaired) electrons. The summed E-state index contributed by atoms with van der Waals surface area (Å²) >= 11 is 0. The SMILES string of the molecule is COc1cc(OC)cc(-c2noc(-c3cc(F)cc(F)c3)c2CO)c1. The normalized spacial score (nSPS) is 10.8. The lowest BCUT2D eigenvalue weighted by Gasteiger charge is -2.07. The third-order valence-corrected chi connectivity index (χ3v) is 3.70. The molecule has 25 heavy (non-hydrogen) atoms. The van der Waals surface area contributed by atoms with Crippen LogP contribution in [-0.4, -0.2) is 24.5 Å². The van der Waals surface area contributed by atoms with Gasteiger partial charge in [0.25, 0.3) is 0 Å². The number of aliphatic hydroxyl groups excluding tert-OH is 1. The Labute approximate surface area is 142 Å². The van der Waals surface area contributed by atoms with Gasteiger partial charge in [0.1, 0.15) is 28.8 Å². The summed E-state index contributed by atoms with van der Waals surface area (Å²) in [5.41, 5.74) is 1.36. The first-order chi connectivity index (χ1) is 12.0.